The Balaban J connectivity index is 1.50. The van der Waals surface area contributed by atoms with E-state index < -0.39 is 0 Å². The first-order valence-corrected chi connectivity index (χ1v) is 12.0. The fourth-order valence-electron chi connectivity index (χ4n) is 3.95. The smallest absolute Gasteiger partial charge is 0.253 e. The minimum atomic E-state index is -0.182. The van der Waals surface area contributed by atoms with Crippen LogP contribution in [0.5, 0.6) is 0 Å². The number of nitrogens with one attached hydrogen (secondary N) is 1. The summed E-state index contributed by atoms with van der Waals surface area (Å²) in [5.41, 5.74) is 12.3. The number of aromatic nitrogens is 3. The molecule has 176 valence electrons. The molecule has 0 radical (unpaired) electrons. The SMILES string of the molecule is CN=C/C(=C(/C)N)c1cnc2c(c1)CN(c1ncc(C(=O)NCc3cnc(Cl)s3)cc1C)CC2. The maximum absolute atomic E-state index is 12.6. The molecule has 0 saturated heterocycles. The number of hydrogen-bond acceptors (Lipinski definition) is 8. The highest BCUT2D eigenvalue weighted by Gasteiger charge is 2.21. The zero-order valence-corrected chi connectivity index (χ0v) is 20.9. The zero-order valence-electron chi connectivity index (χ0n) is 19.3. The molecular weight excluding hydrogens is 470 g/mol. The van der Waals surface area contributed by atoms with E-state index in [1.165, 1.54) is 11.3 Å². The van der Waals surface area contributed by atoms with Crippen LogP contribution in [0.2, 0.25) is 4.47 Å². The Labute approximate surface area is 207 Å². The molecule has 1 amide bonds. The number of carbonyl (C=O) groups excluding carboxylic acids is 1. The van der Waals surface area contributed by atoms with Crippen LogP contribution in [0, 0.1) is 6.92 Å². The van der Waals surface area contributed by atoms with Gasteiger partial charge < -0.3 is 16.0 Å². The monoisotopic (exact) mass is 495 g/mol. The van der Waals surface area contributed by atoms with E-state index in [-0.39, 0.29) is 5.91 Å². The molecule has 4 rings (SSSR count). The highest BCUT2D eigenvalue weighted by Crippen LogP contribution is 2.27. The van der Waals surface area contributed by atoms with Gasteiger partial charge in [-0.25, -0.2) is 9.97 Å². The number of thiazole rings is 1. The molecule has 4 heterocycles. The predicted octanol–water partition coefficient (Wildman–Crippen LogP) is 3.78. The molecule has 3 N–H and O–H groups in total. The highest BCUT2D eigenvalue weighted by molar-refractivity contribution is 7.15. The molecule has 3 aromatic heterocycles. The Morgan fingerprint density at radius 2 is 2.06 bits per heavy atom. The molecule has 0 unspecified atom stereocenters. The number of fused-ring (bicyclic) bond motifs is 1. The van der Waals surface area contributed by atoms with Gasteiger partial charge in [0.2, 0.25) is 0 Å². The van der Waals surface area contributed by atoms with Crippen LogP contribution in [-0.2, 0) is 19.5 Å². The topological polar surface area (TPSA) is 109 Å². The van der Waals surface area contributed by atoms with Gasteiger partial charge in [0.1, 0.15) is 5.82 Å². The number of halogens is 1. The van der Waals surface area contributed by atoms with Gasteiger partial charge in [-0.15, -0.1) is 11.3 Å². The molecule has 1 aliphatic rings. The van der Waals surface area contributed by atoms with Crippen molar-refractivity contribution in [1.82, 2.24) is 20.3 Å². The highest BCUT2D eigenvalue weighted by atomic mass is 35.5. The number of aliphatic imine (C=N–C) groups is 1. The van der Waals surface area contributed by atoms with Crippen LogP contribution in [0.1, 0.15) is 44.5 Å². The largest absolute Gasteiger partial charge is 0.402 e. The van der Waals surface area contributed by atoms with E-state index >= 15 is 0 Å². The van der Waals surface area contributed by atoms with Crippen LogP contribution in [0.25, 0.3) is 5.57 Å². The molecule has 0 saturated carbocycles. The molecule has 0 atom stereocenters. The van der Waals surface area contributed by atoms with Crippen molar-refractivity contribution in [2.24, 2.45) is 10.7 Å². The number of anilines is 1. The molecule has 10 heteroatoms. The van der Waals surface area contributed by atoms with Crippen molar-refractivity contribution >= 4 is 46.5 Å². The van der Waals surface area contributed by atoms with E-state index in [0.29, 0.717) is 28.8 Å². The summed E-state index contributed by atoms with van der Waals surface area (Å²) in [4.78, 5) is 33.1. The van der Waals surface area contributed by atoms with Crippen molar-refractivity contribution < 1.29 is 4.79 Å². The first kappa shape index (κ1) is 23.8. The van der Waals surface area contributed by atoms with Gasteiger partial charge in [0.15, 0.2) is 4.47 Å². The summed E-state index contributed by atoms with van der Waals surface area (Å²) in [5.74, 6) is 0.682. The van der Waals surface area contributed by atoms with Gasteiger partial charge in [-0.3, -0.25) is 14.8 Å². The molecule has 0 bridgehead atoms. The van der Waals surface area contributed by atoms with Crippen LogP contribution >= 0.6 is 22.9 Å². The van der Waals surface area contributed by atoms with Crippen molar-refractivity contribution in [2.45, 2.75) is 33.4 Å². The van der Waals surface area contributed by atoms with Gasteiger partial charge in [-0.2, -0.15) is 0 Å². The lowest BCUT2D eigenvalue weighted by atomic mass is 9.99. The van der Waals surface area contributed by atoms with Crippen LogP contribution in [-0.4, -0.2) is 40.7 Å². The number of pyridine rings is 2. The molecule has 3 aromatic rings. The minimum Gasteiger partial charge on any atom is -0.402 e. The van der Waals surface area contributed by atoms with E-state index in [2.05, 4.69) is 36.2 Å². The Morgan fingerprint density at radius 3 is 2.74 bits per heavy atom. The van der Waals surface area contributed by atoms with Crippen molar-refractivity contribution in [2.75, 3.05) is 18.5 Å². The normalized spacial score (nSPS) is 14.2. The van der Waals surface area contributed by atoms with Gasteiger partial charge in [0.25, 0.3) is 5.91 Å². The Kier molecular flexibility index (Phi) is 7.23. The van der Waals surface area contributed by atoms with Crippen LogP contribution in [0.15, 0.2) is 41.4 Å². The average Bonchev–Trinajstić information content (AvgIpc) is 3.25. The minimum absolute atomic E-state index is 0.182. The Bertz CT molecular complexity index is 1280. The summed E-state index contributed by atoms with van der Waals surface area (Å²) < 4.78 is 0.459. The molecular formula is C24H26ClN7OS. The summed E-state index contributed by atoms with van der Waals surface area (Å²) in [6.07, 6.45) is 7.73. The number of amides is 1. The number of hydrogen-bond donors (Lipinski definition) is 2. The Hall–Kier alpha value is -3.30. The molecule has 8 nitrogen and oxygen atoms in total. The van der Waals surface area contributed by atoms with Gasteiger partial charge in [0.05, 0.1) is 12.1 Å². The van der Waals surface area contributed by atoms with E-state index in [1.54, 1.807) is 25.7 Å². The number of carbonyl (C=O) groups is 1. The first-order valence-electron chi connectivity index (χ1n) is 10.8. The molecule has 0 aliphatic carbocycles. The van der Waals surface area contributed by atoms with Crippen molar-refractivity contribution in [1.29, 1.82) is 0 Å². The van der Waals surface area contributed by atoms with E-state index in [9.17, 15) is 4.79 Å². The van der Waals surface area contributed by atoms with Crippen LogP contribution < -0.4 is 16.0 Å². The summed E-state index contributed by atoms with van der Waals surface area (Å²) in [6, 6.07) is 4.00. The quantitative estimate of drug-likeness (QED) is 0.504. The average molecular weight is 496 g/mol. The number of aryl methyl sites for hydroxylation is 1. The fraction of sp³-hybridized carbons (Fsp3) is 0.292. The van der Waals surface area contributed by atoms with E-state index in [0.717, 1.165) is 51.6 Å². The van der Waals surface area contributed by atoms with Gasteiger partial charge in [-0.05, 0) is 37.1 Å². The molecule has 0 fully saturated rings. The van der Waals surface area contributed by atoms with Crippen molar-refractivity contribution in [3.63, 3.8) is 0 Å². The second-order valence-electron chi connectivity index (χ2n) is 8.11. The lowest BCUT2D eigenvalue weighted by Gasteiger charge is -2.30. The fourth-order valence-corrected chi connectivity index (χ4v) is 4.86. The predicted molar refractivity (Wildman–Crippen MR) is 137 cm³/mol. The summed E-state index contributed by atoms with van der Waals surface area (Å²) in [5, 5.41) is 2.89. The first-order chi connectivity index (χ1) is 16.4. The number of allylic oxidation sites excluding steroid dienone is 2. The summed E-state index contributed by atoms with van der Waals surface area (Å²) >= 11 is 7.20. The van der Waals surface area contributed by atoms with Gasteiger partial charge in [0, 0.05) is 78.8 Å². The molecule has 0 spiro atoms. The number of nitrogens with zero attached hydrogens (tertiary/aromatic N) is 5. The summed E-state index contributed by atoms with van der Waals surface area (Å²) in [6.45, 7) is 5.70. The zero-order chi connectivity index (χ0) is 24.2. The Morgan fingerprint density at radius 1 is 1.26 bits per heavy atom. The third-order valence-corrected chi connectivity index (χ3v) is 6.71. The maximum Gasteiger partial charge on any atom is 0.253 e. The van der Waals surface area contributed by atoms with E-state index in [4.69, 9.17) is 17.3 Å². The second kappa shape index (κ2) is 10.3. The maximum atomic E-state index is 12.6. The number of nitrogens with two attached hydrogens (primary N) is 1. The second-order valence-corrected chi connectivity index (χ2v) is 9.81. The van der Waals surface area contributed by atoms with Crippen LogP contribution in [0.4, 0.5) is 5.82 Å². The molecule has 34 heavy (non-hydrogen) atoms. The van der Waals surface area contributed by atoms with Gasteiger partial charge in [-0.1, -0.05) is 11.6 Å². The van der Waals surface area contributed by atoms with Crippen LogP contribution in [0.3, 0.4) is 0 Å². The van der Waals surface area contributed by atoms with E-state index in [1.807, 2.05) is 26.1 Å². The third kappa shape index (κ3) is 5.26. The molecule has 1 aliphatic heterocycles. The lowest BCUT2D eigenvalue weighted by Crippen LogP contribution is -2.32. The van der Waals surface area contributed by atoms with Gasteiger partial charge >= 0.3 is 0 Å². The lowest BCUT2D eigenvalue weighted by molar-refractivity contribution is 0.0951. The molecule has 0 aromatic carbocycles. The third-order valence-electron chi connectivity index (χ3n) is 5.59. The number of rotatable bonds is 6. The van der Waals surface area contributed by atoms with Crippen molar-refractivity contribution in [3.05, 3.63) is 73.7 Å². The standard InChI is InChI=1S/C24H26ClN7OS/c1-14-6-17(23(33)30-10-19-11-31-24(25)34-19)9-29-22(14)32-5-4-21-18(13-32)7-16(8-28-21)20(12-27-3)15(2)26/h6-9,11-12H,4-5,10,13,26H2,1-3H3,(H,30,33)/b20-15+,27-12?. The summed E-state index contributed by atoms with van der Waals surface area (Å²) in [7, 11) is 1.73. The van der Waals surface area contributed by atoms with Crippen molar-refractivity contribution in [3.8, 4) is 0 Å².